The van der Waals surface area contributed by atoms with E-state index in [1.54, 1.807) is 44.1 Å². The molecule has 220 valence electrons. The van der Waals surface area contributed by atoms with Crippen LogP contribution in [0.1, 0.15) is 5.56 Å². The molecule has 0 aliphatic heterocycles. The van der Waals surface area contributed by atoms with Crippen LogP contribution in [0.3, 0.4) is 0 Å². The Morgan fingerprint density at radius 3 is 1.70 bits per heavy atom. The zero-order chi connectivity index (χ0) is 30.8. The van der Waals surface area contributed by atoms with E-state index < -0.39 is 21.7 Å². The van der Waals surface area contributed by atoms with Crippen molar-refractivity contribution in [1.29, 1.82) is 0 Å². The zero-order valence-electron chi connectivity index (χ0n) is 22.8. The van der Waals surface area contributed by atoms with Crippen LogP contribution in [0.15, 0.2) is 51.7 Å². The third-order valence-corrected chi connectivity index (χ3v) is 6.52. The van der Waals surface area contributed by atoms with Gasteiger partial charge >= 0.3 is 11.4 Å². The molecule has 0 aliphatic rings. The molecule has 0 atom stereocenters. The van der Waals surface area contributed by atoms with Crippen LogP contribution in [0.5, 0.6) is 0 Å². The van der Waals surface area contributed by atoms with Crippen molar-refractivity contribution in [2.75, 3.05) is 47.6 Å². The smallest absolute Gasteiger partial charge is 0.300 e. The lowest BCUT2D eigenvalue weighted by Gasteiger charge is -2.20. The number of rotatable bonds is 10. The van der Waals surface area contributed by atoms with E-state index in [2.05, 4.69) is 40.5 Å². The van der Waals surface area contributed by atoms with Crippen molar-refractivity contribution in [1.82, 2.24) is 20.6 Å². The van der Waals surface area contributed by atoms with Gasteiger partial charge in [0.1, 0.15) is 0 Å². The summed E-state index contributed by atoms with van der Waals surface area (Å²) < 4.78 is 9.36. The summed E-state index contributed by atoms with van der Waals surface area (Å²) in [5.74, 6) is -0.810. The van der Waals surface area contributed by atoms with Crippen molar-refractivity contribution in [3.8, 4) is 0 Å². The second-order valence-electron chi connectivity index (χ2n) is 9.48. The van der Waals surface area contributed by atoms with Gasteiger partial charge in [0.05, 0.1) is 34.3 Å². The van der Waals surface area contributed by atoms with E-state index in [0.717, 1.165) is 5.56 Å². The predicted molar refractivity (Wildman–Crippen MR) is 152 cm³/mol. The summed E-state index contributed by atoms with van der Waals surface area (Å²) in [5.41, 5.74) is 2.09. The monoisotopic (exact) mass is 590 g/mol. The normalized spacial score (nSPS) is 11.0. The molecule has 2 amide bonds. The Hall–Kier alpha value is -6.20. The lowest BCUT2D eigenvalue weighted by Crippen LogP contribution is -2.31. The van der Waals surface area contributed by atoms with Gasteiger partial charge in [-0.1, -0.05) is 6.07 Å². The summed E-state index contributed by atoms with van der Waals surface area (Å²) in [7, 11) is 3.22. The van der Waals surface area contributed by atoms with E-state index in [0.29, 0.717) is 22.7 Å². The number of nitrogens with zero attached hydrogens (tertiary/aromatic N) is 8. The molecule has 3 aromatic carbocycles. The van der Waals surface area contributed by atoms with Gasteiger partial charge in [-0.3, -0.25) is 29.8 Å². The molecule has 18 nitrogen and oxygen atoms in total. The highest BCUT2D eigenvalue weighted by Crippen LogP contribution is 2.32. The molecule has 0 radical (unpaired) electrons. The number of benzene rings is 3. The Morgan fingerprint density at radius 1 is 0.744 bits per heavy atom. The lowest BCUT2D eigenvalue weighted by atomic mass is 10.1. The Balaban J connectivity index is 1.24. The van der Waals surface area contributed by atoms with E-state index in [1.807, 2.05) is 0 Å². The Labute approximate surface area is 240 Å². The minimum atomic E-state index is -0.600. The van der Waals surface area contributed by atoms with E-state index in [4.69, 9.17) is 0 Å². The molecule has 43 heavy (non-hydrogen) atoms. The number of fused-ring (bicyclic) bond motifs is 2. The van der Waals surface area contributed by atoms with Gasteiger partial charge in [0.15, 0.2) is 11.0 Å². The summed E-state index contributed by atoms with van der Waals surface area (Å²) in [6, 6.07) is 10.4. The number of nitro groups is 2. The van der Waals surface area contributed by atoms with Crippen LogP contribution in [0.25, 0.3) is 22.1 Å². The van der Waals surface area contributed by atoms with E-state index in [1.165, 1.54) is 29.2 Å². The highest BCUT2D eigenvalue weighted by atomic mass is 16.6. The maximum absolute atomic E-state index is 12.9. The molecule has 5 aromatic rings. The fourth-order valence-electron chi connectivity index (χ4n) is 4.42. The third-order valence-electron chi connectivity index (χ3n) is 6.52. The van der Waals surface area contributed by atoms with Gasteiger partial charge < -0.3 is 20.4 Å². The number of likely N-dealkylation sites (N-methyl/N-ethyl adjacent to an activating group) is 2. The molecular weight excluding hydrogens is 568 g/mol. The minimum Gasteiger partial charge on any atom is -0.363 e. The first-order valence-electron chi connectivity index (χ1n) is 12.5. The lowest BCUT2D eigenvalue weighted by molar-refractivity contribution is -0.383. The Bertz CT molecular complexity index is 1900. The van der Waals surface area contributed by atoms with E-state index in [-0.39, 0.29) is 46.5 Å². The second kappa shape index (κ2) is 11.4. The molecule has 0 spiro atoms. The molecule has 0 unspecified atom stereocenters. The summed E-state index contributed by atoms with van der Waals surface area (Å²) in [5, 5.41) is 42.7. The first kappa shape index (κ1) is 28.3. The number of aromatic nitrogens is 4. The number of amides is 2. The van der Waals surface area contributed by atoms with Crippen molar-refractivity contribution < 1.29 is 28.7 Å². The molecule has 0 fully saturated rings. The summed E-state index contributed by atoms with van der Waals surface area (Å²) in [6.45, 7) is 1.51. The maximum Gasteiger partial charge on any atom is 0.300 e. The van der Waals surface area contributed by atoms with Gasteiger partial charge in [-0.25, -0.2) is 9.26 Å². The minimum absolute atomic E-state index is 0.0321. The van der Waals surface area contributed by atoms with Crippen LogP contribution < -0.4 is 20.4 Å². The predicted octanol–water partition coefficient (Wildman–Crippen LogP) is 3.03. The molecule has 2 heterocycles. The van der Waals surface area contributed by atoms with Crippen LogP contribution in [0.2, 0.25) is 0 Å². The molecule has 2 aromatic heterocycles. The average Bonchev–Trinajstić information content (AvgIpc) is 3.64. The van der Waals surface area contributed by atoms with Crippen molar-refractivity contribution in [3.63, 3.8) is 0 Å². The number of non-ortho nitro benzene ring substituents is 2. The number of carbonyl (C=O) groups is 2. The number of hydrogen-bond acceptors (Lipinski definition) is 14. The summed E-state index contributed by atoms with van der Waals surface area (Å²) >= 11 is 0. The fraction of sp³-hybridized carbons (Fsp3) is 0.200. The van der Waals surface area contributed by atoms with Gasteiger partial charge in [-0.05, 0) is 57.4 Å². The topological polar surface area (TPSA) is 229 Å². The average molecular weight is 591 g/mol. The molecule has 18 heteroatoms. The molecule has 0 aliphatic carbocycles. The maximum atomic E-state index is 12.9. The van der Waals surface area contributed by atoms with Crippen molar-refractivity contribution >= 4 is 68.0 Å². The standard InChI is InChI=1S/C25H22N10O8/c1-13-4-5-14(26-20(36)11-32(2)16-6-8-18(34(38)39)24-22(16)28-42-30-24)10-15(13)27-21(37)12-33(3)17-7-9-19(35(40)41)25-23(17)29-43-31-25/h4-10H,11-12H2,1-3H3,(H,26,36)(H,27,37). The van der Waals surface area contributed by atoms with Gasteiger partial charge in [0, 0.05) is 37.6 Å². The number of carbonyl (C=O) groups excluding carboxylic acids is 2. The second-order valence-corrected chi connectivity index (χ2v) is 9.48. The van der Waals surface area contributed by atoms with Crippen molar-refractivity contribution in [2.24, 2.45) is 0 Å². The summed E-state index contributed by atoms with van der Waals surface area (Å²) in [6.07, 6.45) is 0. The van der Waals surface area contributed by atoms with Crippen LogP contribution in [-0.2, 0) is 9.59 Å². The highest BCUT2D eigenvalue weighted by Gasteiger charge is 2.23. The number of hydrogen-bond donors (Lipinski definition) is 2. The van der Waals surface area contributed by atoms with Crippen molar-refractivity contribution in [2.45, 2.75) is 6.92 Å². The molecule has 0 bridgehead atoms. The largest absolute Gasteiger partial charge is 0.363 e. The first-order valence-corrected chi connectivity index (χ1v) is 12.5. The van der Waals surface area contributed by atoms with Crippen molar-refractivity contribution in [3.05, 3.63) is 68.3 Å². The zero-order valence-corrected chi connectivity index (χ0v) is 22.8. The molecule has 5 rings (SSSR count). The van der Waals surface area contributed by atoms with Gasteiger partial charge in [0.25, 0.3) is 0 Å². The van der Waals surface area contributed by atoms with Crippen LogP contribution in [-0.4, -0.2) is 69.5 Å². The molecule has 0 saturated heterocycles. The number of aryl methyl sites for hydroxylation is 1. The summed E-state index contributed by atoms with van der Waals surface area (Å²) in [4.78, 5) is 50.1. The van der Waals surface area contributed by atoms with Gasteiger partial charge in [0.2, 0.25) is 22.8 Å². The van der Waals surface area contributed by atoms with Crippen LogP contribution in [0.4, 0.5) is 34.1 Å². The molecular formula is C25H22N10O8. The fourth-order valence-corrected chi connectivity index (χ4v) is 4.42. The van der Waals surface area contributed by atoms with Gasteiger partial charge in [-0.15, -0.1) is 0 Å². The highest BCUT2D eigenvalue weighted by molar-refractivity contribution is 6.00. The molecule has 0 saturated carbocycles. The van der Waals surface area contributed by atoms with E-state index in [9.17, 15) is 29.8 Å². The van der Waals surface area contributed by atoms with Crippen LogP contribution in [0, 0.1) is 27.2 Å². The Morgan fingerprint density at radius 2 is 1.21 bits per heavy atom. The third kappa shape index (κ3) is 5.69. The first-order chi connectivity index (χ1) is 20.5. The van der Waals surface area contributed by atoms with Gasteiger partial charge in [-0.2, -0.15) is 0 Å². The Kier molecular flexibility index (Phi) is 7.48. The van der Waals surface area contributed by atoms with E-state index >= 15 is 0 Å². The number of nitrogens with one attached hydrogen (secondary N) is 2. The SMILES string of the molecule is Cc1ccc(NC(=O)CN(C)c2ccc([N+](=O)[O-])c3nonc23)cc1NC(=O)CN(C)c1ccc([N+](=O)[O-])c2nonc12. The number of anilines is 4. The molecule has 2 N–H and O–H groups in total. The van der Waals surface area contributed by atoms with Crippen LogP contribution >= 0.6 is 0 Å². The number of nitro benzene ring substituents is 2. The quantitative estimate of drug-likeness (QED) is 0.176.